The van der Waals surface area contributed by atoms with Crippen LogP contribution in [-0.2, 0) is 16.4 Å². The number of anilines is 1. The number of nitrogens with zero attached hydrogens (tertiary/aromatic N) is 1. The van der Waals surface area contributed by atoms with E-state index in [1.165, 1.54) is 0 Å². The molecule has 0 fully saturated rings. The predicted molar refractivity (Wildman–Crippen MR) is 85.3 cm³/mol. The first-order valence-electron chi connectivity index (χ1n) is 7.10. The number of sulfonamides is 1. The van der Waals surface area contributed by atoms with Crippen molar-refractivity contribution in [1.29, 1.82) is 0 Å². The third-order valence-electron chi connectivity index (χ3n) is 4.20. The molecule has 21 heavy (non-hydrogen) atoms. The van der Waals surface area contributed by atoms with Crippen molar-refractivity contribution >= 4 is 15.7 Å². The van der Waals surface area contributed by atoms with E-state index in [1.807, 2.05) is 51.1 Å². The summed E-state index contributed by atoms with van der Waals surface area (Å²) in [5.74, 6) is 0. The minimum absolute atomic E-state index is 0.419. The number of fused-ring (bicyclic) bond motifs is 1. The SMILES string of the molecule is Cc1cc(C)c(S(=O)(=O)N2CCc3ccccc32)cc1C. The minimum atomic E-state index is -3.49. The van der Waals surface area contributed by atoms with E-state index in [2.05, 4.69) is 0 Å². The molecule has 0 radical (unpaired) electrons. The van der Waals surface area contributed by atoms with Crippen molar-refractivity contribution in [3.05, 3.63) is 58.7 Å². The van der Waals surface area contributed by atoms with E-state index >= 15 is 0 Å². The van der Waals surface area contributed by atoms with Crippen molar-refractivity contribution < 1.29 is 8.42 Å². The van der Waals surface area contributed by atoms with Gasteiger partial charge in [0.1, 0.15) is 0 Å². The van der Waals surface area contributed by atoms with Gasteiger partial charge >= 0.3 is 0 Å². The molecular weight excluding hydrogens is 282 g/mol. The Balaban J connectivity index is 2.13. The second-order valence-corrected chi connectivity index (χ2v) is 7.49. The van der Waals surface area contributed by atoms with Gasteiger partial charge in [-0.1, -0.05) is 24.3 Å². The average Bonchev–Trinajstić information content (AvgIpc) is 2.87. The molecule has 0 aliphatic carbocycles. The smallest absolute Gasteiger partial charge is 0.264 e. The molecule has 0 N–H and O–H groups in total. The number of hydrogen-bond acceptors (Lipinski definition) is 2. The van der Waals surface area contributed by atoms with Crippen LogP contribution in [0.25, 0.3) is 0 Å². The first-order valence-corrected chi connectivity index (χ1v) is 8.54. The van der Waals surface area contributed by atoms with Crippen molar-refractivity contribution in [2.24, 2.45) is 0 Å². The molecule has 0 saturated heterocycles. The van der Waals surface area contributed by atoms with Gasteiger partial charge in [0, 0.05) is 6.54 Å². The topological polar surface area (TPSA) is 37.4 Å². The van der Waals surface area contributed by atoms with Gasteiger partial charge in [-0.2, -0.15) is 0 Å². The Morgan fingerprint density at radius 1 is 0.952 bits per heavy atom. The van der Waals surface area contributed by atoms with Crippen LogP contribution in [0.5, 0.6) is 0 Å². The Labute approximate surface area is 126 Å². The normalized spacial score (nSPS) is 14.3. The highest BCUT2D eigenvalue weighted by molar-refractivity contribution is 7.93. The van der Waals surface area contributed by atoms with Crippen LogP contribution in [0.4, 0.5) is 5.69 Å². The van der Waals surface area contributed by atoms with Crippen LogP contribution in [0.15, 0.2) is 41.3 Å². The number of para-hydroxylation sites is 1. The summed E-state index contributed by atoms with van der Waals surface area (Å²) in [6.07, 6.45) is 0.777. The zero-order chi connectivity index (χ0) is 15.2. The monoisotopic (exact) mass is 301 g/mol. The van der Waals surface area contributed by atoms with Crippen molar-refractivity contribution in [2.45, 2.75) is 32.1 Å². The molecule has 0 amide bonds. The van der Waals surface area contributed by atoms with Gasteiger partial charge in [0.15, 0.2) is 0 Å². The highest BCUT2D eigenvalue weighted by Gasteiger charge is 2.31. The van der Waals surface area contributed by atoms with E-state index in [9.17, 15) is 8.42 Å². The first-order chi connectivity index (χ1) is 9.91. The molecule has 1 heterocycles. The van der Waals surface area contributed by atoms with Gasteiger partial charge in [-0.05, 0) is 61.6 Å². The molecule has 3 nitrogen and oxygen atoms in total. The van der Waals surface area contributed by atoms with Crippen LogP contribution in [0.1, 0.15) is 22.3 Å². The summed E-state index contributed by atoms with van der Waals surface area (Å²) in [6, 6.07) is 11.5. The van der Waals surface area contributed by atoms with Crippen molar-refractivity contribution in [2.75, 3.05) is 10.8 Å². The van der Waals surface area contributed by atoms with E-state index in [4.69, 9.17) is 0 Å². The van der Waals surface area contributed by atoms with E-state index in [0.29, 0.717) is 11.4 Å². The summed E-state index contributed by atoms with van der Waals surface area (Å²) in [4.78, 5) is 0.419. The van der Waals surface area contributed by atoms with E-state index < -0.39 is 10.0 Å². The fourth-order valence-corrected chi connectivity index (χ4v) is 4.69. The fourth-order valence-electron chi connectivity index (χ4n) is 2.89. The Bertz CT molecular complexity index is 810. The maximum absolute atomic E-state index is 13.0. The largest absolute Gasteiger partial charge is 0.266 e. The average molecular weight is 301 g/mol. The second-order valence-electron chi connectivity index (χ2n) is 5.66. The molecule has 2 aromatic rings. The molecule has 4 heteroatoms. The van der Waals surface area contributed by atoms with Gasteiger partial charge < -0.3 is 0 Å². The molecule has 1 aliphatic heterocycles. The standard InChI is InChI=1S/C17H19NO2S/c1-12-10-14(3)17(11-13(12)2)21(19,20)18-9-8-15-6-4-5-7-16(15)18/h4-7,10-11H,8-9H2,1-3H3. The van der Waals surface area contributed by atoms with Crippen LogP contribution in [0, 0.1) is 20.8 Å². The zero-order valence-electron chi connectivity index (χ0n) is 12.6. The highest BCUT2D eigenvalue weighted by Crippen LogP contribution is 2.34. The summed E-state index contributed by atoms with van der Waals surface area (Å²) in [6.45, 7) is 6.34. The molecule has 110 valence electrons. The number of hydrogen-bond donors (Lipinski definition) is 0. The van der Waals surface area contributed by atoms with Gasteiger partial charge in [0.2, 0.25) is 0 Å². The molecule has 0 bridgehead atoms. The molecule has 0 aromatic heterocycles. The fraction of sp³-hybridized carbons (Fsp3) is 0.294. The molecule has 3 rings (SSSR count). The Hall–Kier alpha value is -1.81. The summed E-state index contributed by atoms with van der Waals surface area (Å²) >= 11 is 0. The summed E-state index contributed by atoms with van der Waals surface area (Å²) in [5.41, 5.74) is 4.85. The number of rotatable bonds is 2. The summed E-state index contributed by atoms with van der Waals surface area (Å²) in [5, 5.41) is 0. The molecule has 1 aliphatic rings. The van der Waals surface area contributed by atoms with E-state index in [-0.39, 0.29) is 0 Å². The molecular formula is C17H19NO2S. The lowest BCUT2D eigenvalue weighted by atomic mass is 10.1. The van der Waals surface area contributed by atoms with Crippen molar-refractivity contribution in [3.8, 4) is 0 Å². The van der Waals surface area contributed by atoms with Gasteiger partial charge in [-0.3, -0.25) is 4.31 Å². The first kappa shape index (κ1) is 14.1. The summed E-state index contributed by atoms with van der Waals surface area (Å²) < 4.78 is 27.6. The predicted octanol–water partition coefficient (Wildman–Crippen LogP) is 3.36. The summed E-state index contributed by atoms with van der Waals surface area (Å²) in [7, 11) is -3.49. The maximum Gasteiger partial charge on any atom is 0.264 e. The Morgan fingerprint density at radius 3 is 2.38 bits per heavy atom. The maximum atomic E-state index is 13.0. The van der Waals surface area contributed by atoms with Crippen molar-refractivity contribution in [1.82, 2.24) is 0 Å². The molecule has 0 saturated carbocycles. The van der Waals surface area contributed by atoms with Gasteiger partial charge in [0.05, 0.1) is 10.6 Å². The molecule has 0 atom stereocenters. The quantitative estimate of drug-likeness (QED) is 0.853. The lowest BCUT2D eigenvalue weighted by Gasteiger charge is -2.21. The highest BCUT2D eigenvalue weighted by atomic mass is 32.2. The van der Waals surface area contributed by atoms with Crippen LogP contribution in [0.3, 0.4) is 0 Å². The Kier molecular flexibility index (Phi) is 3.29. The minimum Gasteiger partial charge on any atom is -0.266 e. The third kappa shape index (κ3) is 2.23. The van der Waals surface area contributed by atoms with Gasteiger partial charge in [-0.25, -0.2) is 8.42 Å². The zero-order valence-corrected chi connectivity index (χ0v) is 13.4. The van der Waals surface area contributed by atoms with Crippen LogP contribution < -0.4 is 4.31 Å². The lowest BCUT2D eigenvalue weighted by Crippen LogP contribution is -2.29. The number of aryl methyl sites for hydroxylation is 3. The second kappa shape index (κ2) is 4.88. The van der Waals surface area contributed by atoms with Crippen molar-refractivity contribution in [3.63, 3.8) is 0 Å². The van der Waals surface area contributed by atoms with Gasteiger partial charge in [-0.15, -0.1) is 0 Å². The third-order valence-corrected chi connectivity index (χ3v) is 6.16. The number of benzene rings is 2. The lowest BCUT2D eigenvalue weighted by molar-refractivity contribution is 0.591. The van der Waals surface area contributed by atoms with Crippen LogP contribution >= 0.6 is 0 Å². The van der Waals surface area contributed by atoms with Crippen LogP contribution in [0.2, 0.25) is 0 Å². The van der Waals surface area contributed by atoms with Gasteiger partial charge in [0.25, 0.3) is 10.0 Å². The van der Waals surface area contributed by atoms with E-state index in [1.54, 1.807) is 10.4 Å². The Morgan fingerprint density at radius 2 is 1.62 bits per heavy atom. The van der Waals surface area contributed by atoms with E-state index in [0.717, 1.165) is 34.4 Å². The molecule has 2 aromatic carbocycles. The molecule has 0 unspecified atom stereocenters. The van der Waals surface area contributed by atoms with Crippen LogP contribution in [-0.4, -0.2) is 15.0 Å². The molecule has 0 spiro atoms.